The van der Waals surface area contributed by atoms with Gasteiger partial charge in [0, 0.05) is 6.04 Å². The lowest BCUT2D eigenvalue weighted by Gasteiger charge is -2.27. The van der Waals surface area contributed by atoms with Gasteiger partial charge in [-0.2, -0.15) is 0 Å². The Bertz CT molecular complexity index is 614. The molecule has 1 amide bonds. The summed E-state index contributed by atoms with van der Waals surface area (Å²) in [6, 6.07) is 5.34. The number of aromatic hydroxyl groups is 1. The maximum absolute atomic E-state index is 12.3. The van der Waals surface area contributed by atoms with Gasteiger partial charge in [-0.3, -0.25) is 4.79 Å². The lowest BCUT2D eigenvalue weighted by molar-refractivity contribution is -0.121. The van der Waals surface area contributed by atoms with E-state index in [1.807, 2.05) is 0 Å². The van der Waals surface area contributed by atoms with Crippen LogP contribution < -0.4 is 10.1 Å². The quantitative estimate of drug-likeness (QED) is 0.736. The first-order valence-electron chi connectivity index (χ1n) is 9.46. The number of ether oxygens (including phenoxy) is 1. The molecule has 0 atom stereocenters. The predicted octanol–water partition coefficient (Wildman–Crippen LogP) is 3.97. The third-order valence-electron chi connectivity index (χ3n) is 5.32. The van der Waals surface area contributed by atoms with E-state index in [1.54, 1.807) is 18.2 Å². The first-order chi connectivity index (χ1) is 12.1. The molecule has 25 heavy (non-hydrogen) atoms. The van der Waals surface area contributed by atoms with Crippen molar-refractivity contribution < 1.29 is 14.6 Å². The summed E-state index contributed by atoms with van der Waals surface area (Å²) in [5.74, 6) is 2.20. The normalized spacial score (nSPS) is 23.6. The number of hydrogen-bond acceptors (Lipinski definition) is 3. The Labute approximate surface area is 150 Å². The van der Waals surface area contributed by atoms with E-state index in [9.17, 15) is 9.90 Å². The zero-order chi connectivity index (χ0) is 17.6. The number of carbonyl (C=O) groups is 1. The molecule has 1 aromatic rings. The fourth-order valence-electron chi connectivity index (χ4n) is 3.57. The van der Waals surface area contributed by atoms with E-state index in [2.05, 4.69) is 17.5 Å². The molecule has 4 heteroatoms. The second-order valence-electron chi connectivity index (χ2n) is 7.47. The molecule has 1 aromatic carbocycles. The van der Waals surface area contributed by atoms with E-state index in [0.717, 1.165) is 24.3 Å². The SMILES string of the molecule is COc1cc(CC(=O)NC2CCC(C=CCC3CC3)CC2)ccc1O. The Balaban J connectivity index is 1.40. The van der Waals surface area contributed by atoms with Gasteiger partial charge in [0.2, 0.25) is 5.91 Å². The van der Waals surface area contributed by atoms with Gasteiger partial charge in [-0.25, -0.2) is 0 Å². The van der Waals surface area contributed by atoms with Gasteiger partial charge in [-0.15, -0.1) is 0 Å². The summed E-state index contributed by atoms with van der Waals surface area (Å²) in [4.78, 5) is 12.3. The third-order valence-corrected chi connectivity index (χ3v) is 5.32. The van der Waals surface area contributed by atoms with Gasteiger partial charge in [-0.05, 0) is 74.5 Å². The zero-order valence-electron chi connectivity index (χ0n) is 15.0. The van der Waals surface area contributed by atoms with Gasteiger partial charge in [-0.1, -0.05) is 18.2 Å². The van der Waals surface area contributed by atoms with Gasteiger partial charge in [0.25, 0.3) is 0 Å². The second kappa shape index (κ2) is 8.41. The maximum Gasteiger partial charge on any atom is 0.224 e. The van der Waals surface area contributed by atoms with Crippen LogP contribution in [0.3, 0.4) is 0 Å². The van der Waals surface area contributed by atoms with Crippen LogP contribution in [0.1, 0.15) is 50.5 Å². The van der Waals surface area contributed by atoms with Gasteiger partial charge < -0.3 is 15.2 Å². The third kappa shape index (κ3) is 5.52. The molecule has 136 valence electrons. The molecular weight excluding hydrogens is 314 g/mol. The summed E-state index contributed by atoms with van der Waals surface area (Å²) < 4.78 is 5.09. The summed E-state index contributed by atoms with van der Waals surface area (Å²) in [7, 11) is 1.51. The minimum Gasteiger partial charge on any atom is -0.504 e. The van der Waals surface area contributed by atoms with Crippen molar-refractivity contribution in [1.82, 2.24) is 5.32 Å². The highest BCUT2D eigenvalue weighted by Crippen LogP contribution is 2.33. The van der Waals surface area contributed by atoms with Crippen molar-refractivity contribution in [2.24, 2.45) is 11.8 Å². The molecule has 2 fully saturated rings. The molecule has 2 aliphatic carbocycles. The van der Waals surface area contributed by atoms with E-state index < -0.39 is 0 Å². The topological polar surface area (TPSA) is 58.6 Å². The first kappa shape index (κ1) is 17.8. The smallest absolute Gasteiger partial charge is 0.224 e. The minimum absolute atomic E-state index is 0.0421. The van der Waals surface area contributed by atoms with Crippen LogP contribution in [-0.4, -0.2) is 24.2 Å². The fourth-order valence-corrected chi connectivity index (χ4v) is 3.57. The van der Waals surface area contributed by atoms with Crippen molar-refractivity contribution in [2.75, 3.05) is 7.11 Å². The summed E-state index contributed by atoms with van der Waals surface area (Å²) in [5.41, 5.74) is 0.851. The number of phenols is 1. The van der Waals surface area contributed by atoms with Crippen molar-refractivity contribution in [3.05, 3.63) is 35.9 Å². The Morgan fingerprint density at radius 3 is 2.68 bits per heavy atom. The molecule has 0 aliphatic heterocycles. The van der Waals surface area contributed by atoms with Crippen molar-refractivity contribution in [1.29, 1.82) is 0 Å². The zero-order valence-corrected chi connectivity index (χ0v) is 15.0. The van der Waals surface area contributed by atoms with Crippen LogP contribution in [0.5, 0.6) is 11.5 Å². The van der Waals surface area contributed by atoms with Gasteiger partial charge in [0.1, 0.15) is 0 Å². The number of methoxy groups -OCH3 is 1. The number of nitrogens with one attached hydrogen (secondary N) is 1. The summed E-state index contributed by atoms with van der Waals surface area (Å²) >= 11 is 0. The molecule has 0 spiro atoms. The van der Waals surface area contributed by atoms with Crippen LogP contribution in [-0.2, 0) is 11.2 Å². The van der Waals surface area contributed by atoms with Crippen molar-refractivity contribution in [2.45, 2.75) is 57.4 Å². The highest BCUT2D eigenvalue weighted by molar-refractivity contribution is 5.79. The minimum atomic E-state index is 0.0421. The molecule has 2 N–H and O–H groups in total. The Morgan fingerprint density at radius 1 is 1.24 bits per heavy atom. The molecule has 0 saturated heterocycles. The predicted molar refractivity (Wildman–Crippen MR) is 98.7 cm³/mol. The first-order valence-corrected chi connectivity index (χ1v) is 9.46. The standard InChI is InChI=1S/C21H29NO3/c1-25-20-13-17(9-12-19(20)23)14-21(24)22-18-10-7-16(8-11-18)4-2-3-15-5-6-15/h2,4,9,12-13,15-16,18,23H,3,5-8,10-11,14H2,1H3,(H,22,24). The second-order valence-corrected chi connectivity index (χ2v) is 7.47. The lowest BCUT2D eigenvalue weighted by atomic mass is 9.85. The van der Waals surface area contributed by atoms with Crippen molar-refractivity contribution in [3.63, 3.8) is 0 Å². The number of benzene rings is 1. The summed E-state index contributed by atoms with van der Waals surface area (Å²) in [6.07, 6.45) is 13.6. The largest absolute Gasteiger partial charge is 0.504 e. The summed E-state index contributed by atoms with van der Waals surface area (Å²) in [6.45, 7) is 0. The molecule has 0 aromatic heterocycles. The number of rotatable bonds is 7. The van der Waals surface area contributed by atoms with E-state index in [0.29, 0.717) is 24.1 Å². The molecule has 0 radical (unpaired) electrons. The van der Waals surface area contributed by atoms with E-state index in [-0.39, 0.29) is 11.7 Å². The molecule has 0 bridgehead atoms. The fraction of sp³-hybridized carbons (Fsp3) is 0.571. The number of hydrogen-bond donors (Lipinski definition) is 2. The highest BCUT2D eigenvalue weighted by atomic mass is 16.5. The number of allylic oxidation sites excluding steroid dienone is 2. The Morgan fingerprint density at radius 2 is 2.00 bits per heavy atom. The van der Waals surface area contributed by atoms with Gasteiger partial charge in [0.05, 0.1) is 13.5 Å². The van der Waals surface area contributed by atoms with E-state index in [1.165, 1.54) is 39.2 Å². The maximum atomic E-state index is 12.3. The van der Waals surface area contributed by atoms with Gasteiger partial charge >= 0.3 is 0 Å². The molecule has 2 saturated carbocycles. The lowest BCUT2D eigenvalue weighted by Crippen LogP contribution is -2.38. The number of amides is 1. The molecule has 0 heterocycles. The number of carbonyl (C=O) groups excluding carboxylic acids is 1. The van der Waals surface area contributed by atoms with Crippen LogP contribution in [0.2, 0.25) is 0 Å². The van der Waals surface area contributed by atoms with Crippen LogP contribution >= 0.6 is 0 Å². The molecule has 0 unspecified atom stereocenters. The van der Waals surface area contributed by atoms with Crippen LogP contribution in [0.25, 0.3) is 0 Å². The summed E-state index contributed by atoms with van der Waals surface area (Å²) in [5, 5.41) is 12.8. The Kier molecular flexibility index (Phi) is 6.00. The van der Waals surface area contributed by atoms with Crippen LogP contribution in [0.4, 0.5) is 0 Å². The molecule has 2 aliphatic rings. The number of phenolic OH excluding ortho intramolecular Hbond substituents is 1. The highest BCUT2D eigenvalue weighted by Gasteiger charge is 2.22. The van der Waals surface area contributed by atoms with Crippen molar-refractivity contribution >= 4 is 5.91 Å². The monoisotopic (exact) mass is 343 g/mol. The van der Waals surface area contributed by atoms with Crippen molar-refractivity contribution in [3.8, 4) is 11.5 Å². The molecular formula is C21H29NO3. The van der Waals surface area contributed by atoms with Crippen LogP contribution in [0.15, 0.2) is 30.4 Å². The van der Waals surface area contributed by atoms with Crippen LogP contribution in [0, 0.1) is 11.8 Å². The molecule has 4 nitrogen and oxygen atoms in total. The molecule has 3 rings (SSSR count). The average molecular weight is 343 g/mol. The van der Waals surface area contributed by atoms with E-state index in [4.69, 9.17) is 4.74 Å². The Hall–Kier alpha value is -1.97. The van der Waals surface area contributed by atoms with E-state index >= 15 is 0 Å². The average Bonchev–Trinajstić information content (AvgIpc) is 3.42. The van der Waals surface area contributed by atoms with Gasteiger partial charge in [0.15, 0.2) is 11.5 Å².